The number of nitrogens with zero attached hydrogens (tertiary/aromatic N) is 1. The maximum atomic E-state index is 12.7. The van der Waals surface area contributed by atoms with E-state index >= 15 is 0 Å². The van der Waals surface area contributed by atoms with Crippen molar-refractivity contribution >= 4 is 27.9 Å². The predicted molar refractivity (Wildman–Crippen MR) is 105 cm³/mol. The second kappa shape index (κ2) is 8.99. The second-order valence-corrected chi connectivity index (χ2v) is 6.55. The maximum Gasteiger partial charge on any atom is 0.340 e. The Balaban J connectivity index is 2.86. The zero-order valence-electron chi connectivity index (χ0n) is 16.0. The normalized spacial score (nSPS) is 10.4. The molecule has 1 aromatic heterocycles. The smallest absolute Gasteiger partial charge is 0.340 e. The van der Waals surface area contributed by atoms with Gasteiger partial charge in [-0.15, -0.1) is 0 Å². The maximum absolute atomic E-state index is 12.7. The number of benzene rings is 1. The SMILES string of the molecule is CCOC(=O)c1c(C)nc(C)c(C(=O)OCC)c1-c1ccc(OC)c(Br)c1. The fourth-order valence-electron chi connectivity index (χ4n) is 2.87. The first-order chi connectivity index (χ1) is 12.8. The van der Waals surface area contributed by atoms with E-state index in [2.05, 4.69) is 20.9 Å². The summed E-state index contributed by atoms with van der Waals surface area (Å²) in [5.74, 6) is -0.429. The van der Waals surface area contributed by atoms with Crippen LogP contribution in [-0.2, 0) is 9.47 Å². The average Bonchev–Trinajstić information content (AvgIpc) is 2.61. The Hall–Kier alpha value is -2.41. The van der Waals surface area contributed by atoms with E-state index in [1.54, 1.807) is 53.0 Å². The third-order valence-corrected chi connectivity index (χ3v) is 4.58. The highest BCUT2D eigenvalue weighted by molar-refractivity contribution is 9.10. The van der Waals surface area contributed by atoms with Crippen molar-refractivity contribution in [3.05, 3.63) is 45.2 Å². The molecule has 27 heavy (non-hydrogen) atoms. The molecule has 0 aliphatic carbocycles. The zero-order valence-corrected chi connectivity index (χ0v) is 17.6. The third kappa shape index (κ3) is 4.30. The molecular weight excluding hydrogens is 414 g/mol. The fourth-order valence-corrected chi connectivity index (χ4v) is 3.41. The third-order valence-electron chi connectivity index (χ3n) is 3.96. The number of hydrogen-bond donors (Lipinski definition) is 0. The first-order valence-corrected chi connectivity index (χ1v) is 9.34. The fraction of sp³-hybridized carbons (Fsp3) is 0.350. The van der Waals surface area contributed by atoms with Crippen LogP contribution in [0.5, 0.6) is 5.75 Å². The molecule has 0 radical (unpaired) electrons. The summed E-state index contributed by atoms with van der Waals surface area (Å²) in [7, 11) is 1.56. The lowest BCUT2D eigenvalue weighted by molar-refractivity contribution is 0.0525. The Kier molecular flexibility index (Phi) is 6.96. The van der Waals surface area contributed by atoms with E-state index in [1.807, 2.05) is 0 Å². The number of esters is 2. The van der Waals surface area contributed by atoms with Gasteiger partial charge in [-0.25, -0.2) is 9.59 Å². The van der Waals surface area contributed by atoms with Gasteiger partial charge in [0.15, 0.2) is 0 Å². The molecule has 0 atom stereocenters. The highest BCUT2D eigenvalue weighted by atomic mass is 79.9. The summed E-state index contributed by atoms with van der Waals surface area (Å²) >= 11 is 3.45. The molecule has 0 amide bonds. The summed E-state index contributed by atoms with van der Waals surface area (Å²) in [6, 6.07) is 5.33. The van der Waals surface area contributed by atoms with Crippen molar-refractivity contribution in [2.45, 2.75) is 27.7 Å². The van der Waals surface area contributed by atoms with Gasteiger partial charge in [-0.3, -0.25) is 4.98 Å². The van der Waals surface area contributed by atoms with E-state index in [0.717, 1.165) is 0 Å². The molecule has 6 nitrogen and oxygen atoms in total. The molecule has 0 aliphatic heterocycles. The topological polar surface area (TPSA) is 74.7 Å². The summed E-state index contributed by atoms with van der Waals surface area (Å²) in [6.45, 7) is 7.32. The highest BCUT2D eigenvalue weighted by Crippen LogP contribution is 2.36. The quantitative estimate of drug-likeness (QED) is 0.622. The van der Waals surface area contributed by atoms with Crippen LogP contribution >= 0.6 is 15.9 Å². The minimum absolute atomic E-state index is 0.215. The largest absolute Gasteiger partial charge is 0.496 e. The summed E-state index contributed by atoms with van der Waals surface area (Å²) in [5.41, 5.74) is 2.58. The minimum Gasteiger partial charge on any atom is -0.496 e. The van der Waals surface area contributed by atoms with Crippen LogP contribution in [0, 0.1) is 13.8 Å². The first kappa shape index (κ1) is 20.9. The lowest BCUT2D eigenvalue weighted by atomic mass is 9.92. The molecular formula is C20H22BrNO5. The van der Waals surface area contributed by atoms with Crippen LogP contribution in [-0.4, -0.2) is 37.2 Å². The van der Waals surface area contributed by atoms with Gasteiger partial charge in [0.1, 0.15) is 5.75 Å². The summed E-state index contributed by atoms with van der Waals surface area (Å²) in [4.78, 5) is 29.7. The molecule has 0 saturated carbocycles. The van der Waals surface area contributed by atoms with Gasteiger partial charge in [-0.05, 0) is 61.3 Å². The van der Waals surface area contributed by atoms with Crippen LogP contribution in [0.15, 0.2) is 22.7 Å². The lowest BCUT2D eigenvalue weighted by Gasteiger charge is -2.18. The molecule has 0 N–H and O–H groups in total. The Morgan fingerprint density at radius 3 is 1.93 bits per heavy atom. The van der Waals surface area contributed by atoms with Crippen molar-refractivity contribution in [1.82, 2.24) is 4.98 Å². The van der Waals surface area contributed by atoms with Gasteiger partial charge in [0.25, 0.3) is 0 Å². The molecule has 2 aromatic rings. The highest BCUT2D eigenvalue weighted by Gasteiger charge is 2.28. The number of carbonyl (C=O) groups is 2. The zero-order chi connectivity index (χ0) is 20.1. The average molecular weight is 436 g/mol. The van der Waals surface area contributed by atoms with Crippen molar-refractivity contribution in [2.75, 3.05) is 20.3 Å². The number of carbonyl (C=O) groups excluding carboxylic acids is 2. The Morgan fingerprint density at radius 2 is 1.52 bits per heavy atom. The van der Waals surface area contributed by atoms with Crippen LogP contribution in [0.2, 0.25) is 0 Å². The second-order valence-electron chi connectivity index (χ2n) is 5.70. The number of pyridine rings is 1. The monoisotopic (exact) mass is 435 g/mol. The Morgan fingerprint density at radius 1 is 1.00 bits per heavy atom. The molecule has 2 rings (SSSR count). The van der Waals surface area contributed by atoms with Crippen molar-refractivity contribution in [2.24, 2.45) is 0 Å². The van der Waals surface area contributed by atoms with Crippen LogP contribution in [0.25, 0.3) is 11.1 Å². The van der Waals surface area contributed by atoms with E-state index in [0.29, 0.717) is 32.7 Å². The van der Waals surface area contributed by atoms with Gasteiger partial charge in [-0.1, -0.05) is 6.07 Å². The Bertz CT molecular complexity index is 837. The van der Waals surface area contributed by atoms with Crippen molar-refractivity contribution < 1.29 is 23.8 Å². The number of ether oxygens (including phenoxy) is 3. The molecule has 7 heteroatoms. The number of methoxy groups -OCH3 is 1. The number of hydrogen-bond acceptors (Lipinski definition) is 6. The van der Waals surface area contributed by atoms with E-state index in [-0.39, 0.29) is 24.3 Å². The Labute approximate surface area is 167 Å². The lowest BCUT2D eigenvalue weighted by Crippen LogP contribution is -2.17. The number of halogens is 1. The van der Waals surface area contributed by atoms with Crippen LogP contribution in [0.3, 0.4) is 0 Å². The van der Waals surface area contributed by atoms with Gasteiger partial charge >= 0.3 is 11.9 Å². The predicted octanol–water partition coefficient (Wildman–Crippen LogP) is 4.49. The van der Waals surface area contributed by atoms with Gasteiger partial charge in [0.05, 0.1) is 47.3 Å². The van der Waals surface area contributed by atoms with Gasteiger partial charge < -0.3 is 14.2 Å². The van der Waals surface area contributed by atoms with E-state index < -0.39 is 11.9 Å². The van der Waals surface area contributed by atoms with E-state index in [4.69, 9.17) is 14.2 Å². The first-order valence-electron chi connectivity index (χ1n) is 8.54. The number of aromatic nitrogens is 1. The molecule has 0 saturated heterocycles. The molecule has 0 fully saturated rings. The van der Waals surface area contributed by atoms with Crippen molar-refractivity contribution in [1.29, 1.82) is 0 Å². The van der Waals surface area contributed by atoms with Gasteiger partial charge in [0.2, 0.25) is 0 Å². The van der Waals surface area contributed by atoms with Crippen LogP contribution < -0.4 is 4.74 Å². The van der Waals surface area contributed by atoms with Crippen molar-refractivity contribution in [3.8, 4) is 16.9 Å². The van der Waals surface area contributed by atoms with E-state index in [1.165, 1.54) is 0 Å². The number of rotatable bonds is 6. The van der Waals surface area contributed by atoms with Gasteiger partial charge in [-0.2, -0.15) is 0 Å². The molecule has 1 heterocycles. The summed E-state index contributed by atoms with van der Waals surface area (Å²) in [6.07, 6.45) is 0. The van der Waals surface area contributed by atoms with Gasteiger partial charge in [0, 0.05) is 5.56 Å². The van der Waals surface area contributed by atoms with E-state index in [9.17, 15) is 9.59 Å². The molecule has 144 valence electrons. The molecule has 0 aliphatic rings. The number of aryl methyl sites for hydroxylation is 2. The van der Waals surface area contributed by atoms with Crippen LogP contribution in [0.4, 0.5) is 0 Å². The van der Waals surface area contributed by atoms with Crippen molar-refractivity contribution in [3.63, 3.8) is 0 Å². The molecule has 0 bridgehead atoms. The molecule has 0 unspecified atom stereocenters. The molecule has 0 spiro atoms. The summed E-state index contributed by atoms with van der Waals surface area (Å²) in [5, 5.41) is 0. The summed E-state index contributed by atoms with van der Waals surface area (Å²) < 4.78 is 16.4. The van der Waals surface area contributed by atoms with Crippen LogP contribution in [0.1, 0.15) is 46.0 Å². The molecule has 1 aromatic carbocycles. The minimum atomic E-state index is -0.532. The standard InChI is InChI=1S/C20H22BrNO5/c1-6-26-19(23)16-11(3)22-12(4)17(20(24)27-7-2)18(16)13-8-9-15(25-5)14(21)10-13/h8-10H,6-7H2,1-5H3.